The first kappa shape index (κ1) is 12.2. The van der Waals surface area contributed by atoms with E-state index in [0.717, 1.165) is 23.6 Å². The van der Waals surface area contributed by atoms with E-state index in [1.807, 2.05) is 17.8 Å². The van der Waals surface area contributed by atoms with Crippen molar-refractivity contribution in [2.75, 3.05) is 11.6 Å². The Bertz CT molecular complexity index is 408. The Hall–Kier alpha value is -0.250. The number of unbranched alkanes of at least 4 members (excludes halogenated alkanes) is 2. The largest absolute Gasteiger partial charge is 0.230 e. The Morgan fingerprint density at radius 1 is 1.19 bits per heavy atom. The van der Waals surface area contributed by atoms with Crippen molar-refractivity contribution in [3.8, 4) is 0 Å². The SMILES string of the molecule is ClCCCCCSc1nc2ccccc2s1. The van der Waals surface area contributed by atoms with Gasteiger partial charge in [0.05, 0.1) is 10.2 Å². The Morgan fingerprint density at radius 2 is 2.06 bits per heavy atom. The number of benzene rings is 1. The molecule has 0 aliphatic heterocycles. The van der Waals surface area contributed by atoms with Gasteiger partial charge in [0.1, 0.15) is 0 Å². The molecular formula is C12H14ClNS2. The molecule has 16 heavy (non-hydrogen) atoms. The summed E-state index contributed by atoms with van der Waals surface area (Å²) in [4.78, 5) is 4.59. The zero-order valence-electron chi connectivity index (χ0n) is 8.99. The summed E-state index contributed by atoms with van der Waals surface area (Å²) >= 11 is 9.28. The van der Waals surface area contributed by atoms with Gasteiger partial charge < -0.3 is 0 Å². The lowest BCUT2D eigenvalue weighted by atomic mass is 10.3. The molecule has 0 atom stereocenters. The van der Waals surface area contributed by atoms with Crippen LogP contribution in [0, 0.1) is 0 Å². The van der Waals surface area contributed by atoms with E-state index in [2.05, 4.69) is 23.2 Å². The van der Waals surface area contributed by atoms with Gasteiger partial charge in [-0.2, -0.15) is 0 Å². The van der Waals surface area contributed by atoms with Crippen molar-refractivity contribution in [1.29, 1.82) is 0 Å². The summed E-state index contributed by atoms with van der Waals surface area (Å²) < 4.78 is 2.47. The number of nitrogens with zero attached hydrogens (tertiary/aromatic N) is 1. The number of aromatic nitrogens is 1. The standard InChI is InChI=1S/C12H14ClNS2/c13-8-4-1-5-9-15-12-14-10-6-2-3-7-11(10)16-12/h2-3,6-7H,1,4-5,8-9H2. The number of rotatable bonds is 6. The second-order valence-corrected chi connectivity index (χ2v) is 6.30. The van der Waals surface area contributed by atoms with Gasteiger partial charge in [0.2, 0.25) is 0 Å². The van der Waals surface area contributed by atoms with Gasteiger partial charge in [-0.15, -0.1) is 22.9 Å². The predicted octanol–water partition coefficient (Wildman–Crippen LogP) is 4.80. The van der Waals surface area contributed by atoms with Crippen LogP contribution in [0.2, 0.25) is 0 Å². The Kier molecular flexibility index (Phi) is 4.94. The molecule has 0 saturated carbocycles. The van der Waals surface area contributed by atoms with E-state index < -0.39 is 0 Å². The van der Waals surface area contributed by atoms with Crippen molar-refractivity contribution in [3.63, 3.8) is 0 Å². The van der Waals surface area contributed by atoms with Crippen LogP contribution in [0.4, 0.5) is 0 Å². The maximum absolute atomic E-state index is 5.63. The minimum Gasteiger partial charge on any atom is -0.230 e. The lowest BCUT2D eigenvalue weighted by Gasteiger charge is -1.96. The van der Waals surface area contributed by atoms with Gasteiger partial charge >= 0.3 is 0 Å². The summed E-state index contributed by atoms with van der Waals surface area (Å²) in [5.41, 5.74) is 1.12. The van der Waals surface area contributed by atoms with Crippen molar-refractivity contribution < 1.29 is 0 Å². The van der Waals surface area contributed by atoms with E-state index in [0.29, 0.717) is 0 Å². The molecule has 0 fully saturated rings. The third-order valence-electron chi connectivity index (χ3n) is 2.28. The van der Waals surface area contributed by atoms with Crippen LogP contribution in [-0.2, 0) is 0 Å². The molecular weight excluding hydrogens is 258 g/mol. The van der Waals surface area contributed by atoms with Gasteiger partial charge in [-0.25, -0.2) is 4.98 Å². The fraction of sp³-hybridized carbons (Fsp3) is 0.417. The predicted molar refractivity (Wildman–Crippen MR) is 74.9 cm³/mol. The molecule has 0 spiro atoms. The van der Waals surface area contributed by atoms with E-state index in [4.69, 9.17) is 11.6 Å². The maximum atomic E-state index is 5.63. The summed E-state index contributed by atoms with van der Waals surface area (Å²) in [6, 6.07) is 8.31. The molecule has 2 rings (SSSR count). The highest BCUT2D eigenvalue weighted by Gasteiger charge is 2.02. The van der Waals surface area contributed by atoms with Gasteiger partial charge in [-0.3, -0.25) is 0 Å². The summed E-state index contributed by atoms with van der Waals surface area (Å²) in [7, 11) is 0. The monoisotopic (exact) mass is 271 g/mol. The first-order chi connectivity index (χ1) is 7.90. The molecule has 0 N–H and O–H groups in total. The zero-order valence-corrected chi connectivity index (χ0v) is 11.4. The highest BCUT2D eigenvalue weighted by atomic mass is 35.5. The van der Waals surface area contributed by atoms with Gasteiger partial charge in [0.25, 0.3) is 0 Å². The molecule has 2 aromatic rings. The lowest BCUT2D eigenvalue weighted by molar-refractivity contribution is 0.783. The molecule has 1 nitrogen and oxygen atoms in total. The van der Waals surface area contributed by atoms with Crippen LogP contribution < -0.4 is 0 Å². The number of hydrogen-bond donors (Lipinski definition) is 0. The van der Waals surface area contributed by atoms with Crippen LogP contribution >= 0.6 is 34.7 Å². The molecule has 4 heteroatoms. The van der Waals surface area contributed by atoms with E-state index in [-0.39, 0.29) is 0 Å². The van der Waals surface area contributed by atoms with Gasteiger partial charge in [-0.1, -0.05) is 30.3 Å². The first-order valence-electron chi connectivity index (χ1n) is 5.44. The molecule has 86 valence electrons. The van der Waals surface area contributed by atoms with Crippen LogP contribution in [0.1, 0.15) is 19.3 Å². The van der Waals surface area contributed by atoms with Crippen LogP contribution in [0.15, 0.2) is 28.6 Å². The first-order valence-corrected chi connectivity index (χ1v) is 7.78. The minimum absolute atomic E-state index is 0.784. The number of alkyl halides is 1. The summed E-state index contributed by atoms with van der Waals surface area (Å²) in [5.74, 6) is 1.93. The minimum atomic E-state index is 0.784. The lowest BCUT2D eigenvalue weighted by Crippen LogP contribution is -1.81. The fourth-order valence-electron chi connectivity index (χ4n) is 1.45. The molecule has 1 aromatic heterocycles. The number of halogens is 1. The zero-order chi connectivity index (χ0) is 11.2. The van der Waals surface area contributed by atoms with Crippen molar-refractivity contribution in [3.05, 3.63) is 24.3 Å². The molecule has 0 aliphatic carbocycles. The number of thioether (sulfide) groups is 1. The van der Waals surface area contributed by atoms with Crippen LogP contribution in [0.25, 0.3) is 10.2 Å². The van der Waals surface area contributed by atoms with E-state index in [1.54, 1.807) is 11.3 Å². The fourth-order valence-corrected chi connectivity index (χ4v) is 3.77. The van der Waals surface area contributed by atoms with E-state index >= 15 is 0 Å². The van der Waals surface area contributed by atoms with Crippen molar-refractivity contribution in [2.45, 2.75) is 23.6 Å². The van der Waals surface area contributed by atoms with E-state index in [1.165, 1.54) is 21.9 Å². The molecule has 0 aliphatic rings. The normalized spacial score (nSPS) is 11.1. The topological polar surface area (TPSA) is 12.9 Å². The van der Waals surface area contributed by atoms with Crippen molar-refractivity contribution in [1.82, 2.24) is 4.98 Å². The molecule has 1 aromatic carbocycles. The van der Waals surface area contributed by atoms with Gasteiger partial charge in [-0.05, 0) is 25.0 Å². The second-order valence-electron chi connectivity index (χ2n) is 3.55. The number of thiazole rings is 1. The molecule has 0 amide bonds. The van der Waals surface area contributed by atoms with Gasteiger partial charge in [0, 0.05) is 11.6 Å². The van der Waals surface area contributed by atoms with Crippen molar-refractivity contribution in [2.24, 2.45) is 0 Å². The van der Waals surface area contributed by atoms with Crippen molar-refractivity contribution >= 4 is 44.9 Å². The van der Waals surface area contributed by atoms with E-state index in [9.17, 15) is 0 Å². The van der Waals surface area contributed by atoms with Crippen LogP contribution in [0.5, 0.6) is 0 Å². The summed E-state index contributed by atoms with van der Waals surface area (Å²) in [6.07, 6.45) is 3.58. The average molecular weight is 272 g/mol. The van der Waals surface area contributed by atoms with Crippen LogP contribution in [0.3, 0.4) is 0 Å². The summed E-state index contributed by atoms with van der Waals surface area (Å²) in [5, 5.41) is 0. The van der Waals surface area contributed by atoms with Crippen LogP contribution in [-0.4, -0.2) is 16.6 Å². The molecule has 1 heterocycles. The molecule has 0 unspecified atom stereocenters. The highest BCUT2D eigenvalue weighted by molar-refractivity contribution is 8.01. The molecule has 0 radical (unpaired) electrons. The number of para-hydroxylation sites is 1. The quantitative estimate of drug-likeness (QED) is 0.425. The third-order valence-corrected chi connectivity index (χ3v) is 4.81. The Labute approximate surface area is 109 Å². The average Bonchev–Trinajstić information content (AvgIpc) is 2.71. The van der Waals surface area contributed by atoms with Gasteiger partial charge in [0.15, 0.2) is 4.34 Å². The number of hydrogen-bond acceptors (Lipinski definition) is 3. The second kappa shape index (κ2) is 6.48. The third kappa shape index (κ3) is 3.37. The smallest absolute Gasteiger partial charge is 0.151 e. The molecule has 0 saturated heterocycles. The Morgan fingerprint density at radius 3 is 2.88 bits per heavy atom. The number of fused-ring (bicyclic) bond motifs is 1. The Balaban J connectivity index is 1.85. The molecule has 0 bridgehead atoms. The summed E-state index contributed by atoms with van der Waals surface area (Å²) in [6.45, 7) is 0. The maximum Gasteiger partial charge on any atom is 0.151 e. The highest BCUT2D eigenvalue weighted by Crippen LogP contribution is 2.29.